The third kappa shape index (κ3) is 24.2. The number of unbranched alkanes of at least 4 members (excludes halogenated alkanes) is 4. The molecular weight excluding hydrogens is 1030 g/mol. The van der Waals surface area contributed by atoms with Crippen LogP contribution in [0.4, 0.5) is 0 Å². The first kappa shape index (κ1) is 71.2. The molecule has 25 nitrogen and oxygen atoms in total. The molecule has 1 aliphatic rings. The summed E-state index contributed by atoms with van der Waals surface area (Å²) in [6.45, 7) is 17.6. The van der Waals surface area contributed by atoms with Crippen LogP contribution in [-0.4, -0.2) is 165 Å². The molecule has 25 heteroatoms. The van der Waals surface area contributed by atoms with Crippen molar-refractivity contribution in [3.63, 3.8) is 0 Å². The molecule has 8 amide bonds. The van der Waals surface area contributed by atoms with Crippen LogP contribution in [0, 0.1) is 29.6 Å². The third-order valence-electron chi connectivity index (χ3n) is 13.6. The number of amides is 8. The van der Waals surface area contributed by atoms with E-state index in [-0.39, 0.29) is 43.9 Å². The standard InChI is InChI=1S/C54H95N9O16/c1-13-15-16-17-18-19-34(66)24-40(67)56-36(22-28(3)4)47(72)57-35(20-21-41(68)69)46(71)63-44-33(12)79-52(77)43(32(11)14-2)62-49(74)39(27-65)60-53(78)54(55,25-30(7)8)45(70)38(26-64)59-48(73)37(23-29(5)6)58-50(75)42(31(9)10)61-51(44)76/h28-39,42-44,64-66H,13-27,55H2,1-12H3,(H,56,67)(H,57,72)(H,58,75)(H,59,73)(H,60,78)(H,61,76)(H,62,74)(H,63,71)(H,68,69)/t32?,33-,34-,35-,36+,37-,38-,39-,42-,43+,44-,54+/m1/s1. The molecule has 1 fully saturated rings. The average Bonchev–Trinajstić information content (AvgIpc) is 3.35. The molecular formula is C54H95N9O16. The highest BCUT2D eigenvalue weighted by Crippen LogP contribution is 2.21. The third-order valence-corrected chi connectivity index (χ3v) is 13.6. The second-order valence-electron chi connectivity index (χ2n) is 22.6. The zero-order valence-electron chi connectivity index (χ0n) is 48.5. The number of hydrogen-bond acceptors (Lipinski definition) is 16. The lowest BCUT2D eigenvalue weighted by atomic mass is 9.81. The van der Waals surface area contributed by atoms with Crippen LogP contribution in [0.15, 0.2) is 0 Å². The maximum absolute atomic E-state index is 14.7. The largest absolute Gasteiger partial charge is 0.481 e. The number of aliphatic carboxylic acids is 1. The highest BCUT2D eigenvalue weighted by molar-refractivity contribution is 6.14. The molecule has 12 atom stereocenters. The number of carbonyl (C=O) groups excluding carboxylic acids is 10. The molecule has 1 unspecified atom stereocenters. The number of aliphatic hydroxyl groups excluding tert-OH is 3. The van der Waals surface area contributed by atoms with Crippen molar-refractivity contribution < 1.29 is 77.9 Å². The number of cyclic esters (lactones) is 1. The van der Waals surface area contributed by atoms with Gasteiger partial charge in [0.15, 0.2) is 11.3 Å². The maximum atomic E-state index is 14.7. The molecule has 1 aliphatic heterocycles. The summed E-state index contributed by atoms with van der Waals surface area (Å²) in [5.41, 5.74) is 4.01. The van der Waals surface area contributed by atoms with Gasteiger partial charge in [0.05, 0.1) is 25.7 Å². The summed E-state index contributed by atoms with van der Waals surface area (Å²) in [5.74, 6) is -14.4. The summed E-state index contributed by atoms with van der Waals surface area (Å²) in [6, 6.07) is -13.2. The van der Waals surface area contributed by atoms with Crippen molar-refractivity contribution in [2.24, 2.45) is 35.3 Å². The number of ether oxygens (including phenoxy) is 1. The number of carbonyl (C=O) groups is 11. The fourth-order valence-electron chi connectivity index (χ4n) is 8.91. The van der Waals surface area contributed by atoms with Crippen LogP contribution in [0.2, 0.25) is 0 Å². The van der Waals surface area contributed by atoms with E-state index in [4.69, 9.17) is 10.5 Å². The number of ketones is 1. The van der Waals surface area contributed by atoms with Gasteiger partial charge >= 0.3 is 11.9 Å². The molecule has 0 radical (unpaired) electrons. The van der Waals surface area contributed by atoms with Crippen LogP contribution >= 0.6 is 0 Å². The molecule has 14 N–H and O–H groups in total. The fraction of sp³-hybridized carbons (Fsp3) is 0.796. The van der Waals surface area contributed by atoms with Gasteiger partial charge < -0.3 is 73.4 Å². The van der Waals surface area contributed by atoms with E-state index in [1.165, 1.54) is 6.92 Å². The molecule has 0 saturated carbocycles. The first-order valence-electron chi connectivity index (χ1n) is 27.9. The van der Waals surface area contributed by atoms with Gasteiger partial charge in [-0.3, -0.25) is 47.9 Å². The lowest BCUT2D eigenvalue weighted by Crippen LogP contribution is -2.68. The monoisotopic (exact) mass is 1130 g/mol. The summed E-state index contributed by atoms with van der Waals surface area (Å²) in [7, 11) is 0. The summed E-state index contributed by atoms with van der Waals surface area (Å²) >= 11 is 0. The summed E-state index contributed by atoms with van der Waals surface area (Å²) in [6.07, 6.45) is 0.558. The lowest BCUT2D eigenvalue weighted by Gasteiger charge is -2.34. The normalized spacial score (nSPS) is 24.9. The zero-order chi connectivity index (χ0) is 60.5. The maximum Gasteiger partial charge on any atom is 0.329 e. The van der Waals surface area contributed by atoms with Gasteiger partial charge in [0, 0.05) is 6.42 Å². The molecule has 79 heavy (non-hydrogen) atoms. The van der Waals surface area contributed by atoms with Crippen LogP contribution in [0.5, 0.6) is 0 Å². The first-order valence-corrected chi connectivity index (χ1v) is 27.9. The second-order valence-corrected chi connectivity index (χ2v) is 22.6. The van der Waals surface area contributed by atoms with Crippen LogP contribution in [0.3, 0.4) is 0 Å². The van der Waals surface area contributed by atoms with E-state index in [0.29, 0.717) is 12.8 Å². The Morgan fingerprint density at radius 3 is 1.78 bits per heavy atom. The van der Waals surface area contributed by atoms with Gasteiger partial charge in [-0.2, -0.15) is 0 Å². The lowest BCUT2D eigenvalue weighted by molar-refractivity contribution is -0.158. The number of Topliss-reactive ketones (excluding diaryl/α,β-unsaturated/α-hetero) is 1. The molecule has 0 bridgehead atoms. The van der Waals surface area contributed by atoms with E-state index in [2.05, 4.69) is 49.5 Å². The number of esters is 1. The minimum atomic E-state index is -2.53. The van der Waals surface area contributed by atoms with E-state index < -0.39 is 175 Å². The van der Waals surface area contributed by atoms with E-state index in [9.17, 15) is 73.2 Å². The number of carboxylic acids is 1. The molecule has 1 rings (SSSR count). The smallest absolute Gasteiger partial charge is 0.329 e. The van der Waals surface area contributed by atoms with Crippen molar-refractivity contribution in [2.45, 2.75) is 233 Å². The van der Waals surface area contributed by atoms with Gasteiger partial charge in [-0.1, -0.05) is 115 Å². The van der Waals surface area contributed by atoms with Gasteiger partial charge in [0.25, 0.3) is 0 Å². The molecule has 0 spiro atoms. The van der Waals surface area contributed by atoms with Gasteiger partial charge in [0.2, 0.25) is 47.3 Å². The number of rotatable bonds is 27. The Bertz CT molecular complexity index is 2060. The SMILES string of the molecule is CCCCCCC[C@@H](O)CC(=O)N[C@@H](CC(C)C)C(=O)N[C@H](CCC(=O)O)C(=O)N[C@H]1C(=O)N[C@H](C(C)C)C(=O)N[C@H](CC(C)C)C(=O)N[C@H](CO)C(=O)[C@@](N)(CC(C)C)C(=O)N[C@H](CO)C(=O)N[C@@H](C(C)CC)C(=O)O[C@@H]1C. The first-order chi connectivity index (χ1) is 36.9. The Morgan fingerprint density at radius 2 is 1.25 bits per heavy atom. The molecule has 0 aliphatic carbocycles. The Kier molecular flexibility index (Phi) is 31.6. The van der Waals surface area contributed by atoms with Crippen molar-refractivity contribution in [1.29, 1.82) is 0 Å². The number of nitrogens with two attached hydrogens (primary N) is 1. The van der Waals surface area contributed by atoms with Gasteiger partial charge in [-0.15, -0.1) is 0 Å². The zero-order valence-corrected chi connectivity index (χ0v) is 48.5. The van der Waals surface area contributed by atoms with Gasteiger partial charge in [-0.25, -0.2) is 4.79 Å². The van der Waals surface area contributed by atoms with E-state index in [0.717, 1.165) is 25.7 Å². The molecule has 0 aromatic rings. The Labute approximate surface area is 465 Å². The Hall–Kier alpha value is -5.79. The van der Waals surface area contributed by atoms with Crippen molar-refractivity contribution in [3.05, 3.63) is 0 Å². The minimum absolute atomic E-state index is 0.0553. The summed E-state index contributed by atoms with van der Waals surface area (Å²) < 4.78 is 5.81. The van der Waals surface area contributed by atoms with Crippen molar-refractivity contribution in [3.8, 4) is 0 Å². The predicted octanol–water partition coefficient (Wildman–Crippen LogP) is -0.122. The summed E-state index contributed by atoms with van der Waals surface area (Å²) in [4.78, 5) is 153. The quantitative estimate of drug-likeness (QED) is 0.0290. The van der Waals surface area contributed by atoms with E-state index >= 15 is 0 Å². The van der Waals surface area contributed by atoms with Crippen LogP contribution in [0.1, 0.15) is 167 Å². The molecule has 0 aromatic heterocycles. The second kappa shape index (κ2) is 35.1. The Morgan fingerprint density at radius 1 is 0.671 bits per heavy atom. The number of nitrogens with one attached hydrogen (secondary N) is 8. The van der Waals surface area contributed by atoms with Crippen LogP contribution in [-0.2, 0) is 57.5 Å². The van der Waals surface area contributed by atoms with Gasteiger partial charge in [0.1, 0.15) is 54.4 Å². The number of hydrogen-bond donors (Lipinski definition) is 13. The highest BCUT2D eigenvalue weighted by Gasteiger charge is 2.48. The highest BCUT2D eigenvalue weighted by atomic mass is 16.5. The van der Waals surface area contributed by atoms with Crippen molar-refractivity contribution in [2.75, 3.05) is 13.2 Å². The van der Waals surface area contributed by atoms with Gasteiger partial charge in [-0.05, 0) is 68.6 Å². The topological polar surface area (TPSA) is 400 Å². The molecule has 1 saturated heterocycles. The number of carboxylic acid groups (broad SMARTS) is 1. The Balaban J connectivity index is 4.03. The minimum Gasteiger partial charge on any atom is -0.481 e. The predicted molar refractivity (Wildman–Crippen MR) is 291 cm³/mol. The van der Waals surface area contributed by atoms with Crippen LogP contribution in [0.25, 0.3) is 0 Å². The van der Waals surface area contributed by atoms with E-state index in [1.54, 1.807) is 69.2 Å². The van der Waals surface area contributed by atoms with E-state index in [1.807, 2.05) is 0 Å². The number of aliphatic hydroxyl groups is 3. The fourth-order valence-corrected chi connectivity index (χ4v) is 8.91. The molecule has 452 valence electrons. The van der Waals surface area contributed by atoms with Crippen molar-refractivity contribution in [1.82, 2.24) is 42.5 Å². The summed E-state index contributed by atoms with van der Waals surface area (Å²) in [5, 5.41) is 61.0. The molecule has 0 aromatic carbocycles. The van der Waals surface area contributed by atoms with Crippen LogP contribution < -0.4 is 48.3 Å². The average molecular weight is 1130 g/mol. The molecule has 1 heterocycles. The van der Waals surface area contributed by atoms with Crippen molar-refractivity contribution >= 4 is 65.0 Å².